The number of hydrogen-bond acceptors (Lipinski definition) is 9. The van der Waals surface area contributed by atoms with E-state index in [0.717, 1.165) is 22.8 Å². The molecule has 0 aromatic heterocycles. The maximum Gasteiger partial charge on any atom is 0.302 e. The lowest BCUT2D eigenvalue weighted by atomic mass is 9.81. The number of carbonyl (C=O) groups excluding carboxylic acids is 1. The second-order valence-corrected chi connectivity index (χ2v) is 13.4. The molecule has 0 radical (unpaired) electrons. The third-order valence-electron chi connectivity index (χ3n) is 9.04. The van der Waals surface area contributed by atoms with Crippen molar-refractivity contribution in [3.05, 3.63) is 118 Å². The van der Waals surface area contributed by atoms with E-state index in [-0.39, 0.29) is 23.4 Å². The van der Waals surface area contributed by atoms with E-state index in [1.165, 1.54) is 18.1 Å². The Labute approximate surface area is 313 Å². The first-order valence-corrected chi connectivity index (χ1v) is 18.1. The molecule has 2 aromatic carbocycles. The van der Waals surface area contributed by atoms with Crippen molar-refractivity contribution in [2.45, 2.75) is 45.4 Å². The third-order valence-corrected chi connectivity index (χ3v) is 9.04. The number of azide groups is 1. The van der Waals surface area contributed by atoms with Crippen molar-refractivity contribution < 1.29 is 37.8 Å². The van der Waals surface area contributed by atoms with Crippen molar-refractivity contribution in [1.29, 1.82) is 0 Å². The van der Waals surface area contributed by atoms with E-state index in [4.69, 9.17) is 34.0 Å². The van der Waals surface area contributed by atoms with Crippen LogP contribution < -0.4 is 4.90 Å². The summed E-state index contributed by atoms with van der Waals surface area (Å²) in [6.45, 7) is 15.1. The van der Waals surface area contributed by atoms with E-state index < -0.39 is 0 Å². The van der Waals surface area contributed by atoms with E-state index in [0.29, 0.717) is 72.9 Å². The number of nitrogens with zero attached hydrogens (tertiary/aromatic N) is 5. The number of allylic oxidation sites excluding steroid dienone is 8. The molecule has 0 amide bonds. The topological polar surface area (TPSA) is 127 Å². The number of benzene rings is 2. The highest BCUT2D eigenvalue weighted by atomic mass is 16.6. The molecule has 4 rings (SSSR count). The standard InChI is InChI=1S/C41H54N5O7/c1-33(47)53-30-29-50-26-28-52-32-46-37-18-14-12-16-35(37)41(4,5)39(46)20-10-8-6-7-9-19-38-40(2,3)34-15-11-13-17-36(34)45(38)31-51-27-25-49-24-23-48-22-21-43-44-42/h6-20H,21-32H2,1-5H3/q+1. The van der Waals surface area contributed by atoms with Gasteiger partial charge < -0.3 is 33.3 Å². The summed E-state index contributed by atoms with van der Waals surface area (Å²) in [6.07, 6.45) is 14.6. The van der Waals surface area contributed by atoms with Gasteiger partial charge in [-0.3, -0.25) is 4.79 Å². The van der Waals surface area contributed by atoms with Crippen molar-refractivity contribution >= 4 is 23.1 Å². The van der Waals surface area contributed by atoms with Crippen LogP contribution in [-0.4, -0.2) is 95.7 Å². The Hall–Kier alpha value is -4.55. The van der Waals surface area contributed by atoms with Gasteiger partial charge in [0, 0.05) is 52.9 Å². The average Bonchev–Trinajstić information content (AvgIpc) is 3.49. The summed E-state index contributed by atoms with van der Waals surface area (Å²) in [4.78, 5) is 15.8. The summed E-state index contributed by atoms with van der Waals surface area (Å²) in [5, 5.41) is 3.44. The Morgan fingerprint density at radius 3 is 2.09 bits per heavy atom. The molecule has 0 fully saturated rings. The first kappa shape index (κ1) is 41.2. The fourth-order valence-electron chi connectivity index (χ4n) is 6.41. The number of carbonyl (C=O) groups is 1. The van der Waals surface area contributed by atoms with Crippen LogP contribution in [0.4, 0.5) is 11.4 Å². The predicted octanol–water partition coefficient (Wildman–Crippen LogP) is 7.28. The van der Waals surface area contributed by atoms with Crippen LogP contribution in [0.3, 0.4) is 0 Å². The van der Waals surface area contributed by atoms with Crippen LogP contribution in [0.1, 0.15) is 45.7 Å². The zero-order chi connectivity index (χ0) is 37.9. The Morgan fingerprint density at radius 1 is 0.755 bits per heavy atom. The van der Waals surface area contributed by atoms with Gasteiger partial charge in [-0.2, -0.15) is 4.58 Å². The fourth-order valence-corrected chi connectivity index (χ4v) is 6.41. The first-order chi connectivity index (χ1) is 25.7. The molecule has 53 heavy (non-hydrogen) atoms. The van der Waals surface area contributed by atoms with Crippen LogP contribution in [0.2, 0.25) is 0 Å². The number of rotatable bonds is 23. The lowest BCUT2D eigenvalue weighted by molar-refractivity contribution is -0.489. The second-order valence-electron chi connectivity index (χ2n) is 13.4. The quantitative estimate of drug-likeness (QED) is 0.0222. The van der Waals surface area contributed by atoms with Crippen molar-refractivity contribution in [3.63, 3.8) is 0 Å². The lowest BCUT2D eigenvalue weighted by Crippen LogP contribution is -2.28. The molecule has 2 heterocycles. The van der Waals surface area contributed by atoms with Gasteiger partial charge in [0.2, 0.25) is 5.69 Å². The summed E-state index contributed by atoms with van der Waals surface area (Å²) in [5.41, 5.74) is 15.0. The van der Waals surface area contributed by atoms with Crippen LogP contribution in [0.5, 0.6) is 0 Å². The van der Waals surface area contributed by atoms with Gasteiger partial charge in [-0.1, -0.05) is 85.7 Å². The molecule has 0 aliphatic carbocycles. The number of ether oxygens (including phenoxy) is 6. The highest BCUT2D eigenvalue weighted by Gasteiger charge is 2.44. The maximum absolute atomic E-state index is 10.9. The zero-order valence-corrected chi connectivity index (χ0v) is 31.7. The molecule has 0 atom stereocenters. The van der Waals surface area contributed by atoms with Gasteiger partial charge in [0.25, 0.3) is 6.73 Å². The van der Waals surface area contributed by atoms with E-state index in [2.05, 4.69) is 120 Å². The molecule has 2 aliphatic rings. The molecular weight excluding hydrogens is 674 g/mol. The highest BCUT2D eigenvalue weighted by Crippen LogP contribution is 2.47. The number of anilines is 1. The minimum Gasteiger partial charge on any atom is -0.463 e. The second kappa shape index (κ2) is 21.2. The molecular formula is C41H54N5O7+. The van der Waals surface area contributed by atoms with Crippen LogP contribution >= 0.6 is 0 Å². The summed E-state index contributed by atoms with van der Waals surface area (Å²) in [5.74, 6) is -0.312. The molecule has 0 saturated carbocycles. The number of fused-ring (bicyclic) bond motifs is 2. The monoisotopic (exact) mass is 728 g/mol. The molecule has 2 aliphatic heterocycles. The summed E-state index contributed by atoms with van der Waals surface area (Å²) >= 11 is 0. The molecule has 12 heteroatoms. The molecule has 2 aromatic rings. The van der Waals surface area contributed by atoms with Crippen LogP contribution in [0.15, 0.2) is 102 Å². The molecule has 0 bridgehead atoms. The van der Waals surface area contributed by atoms with Crippen molar-refractivity contribution in [3.8, 4) is 0 Å². The smallest absolute Gasteiger partial charge is 0.302 e. The molecule has 0 spiro atoms. The van der Waals surface area contributed by atoms with Crippen LogP contribution in [0.25, 0.3) is 10.4 Å². The molecule has 0 N–H and O–H groups in total. The lowest BCUT2D eigenvalue weighted by Gasteiger charge is -2.26. The summed E-state index contributed by atoms with van der Waals surface area (Å²) in [6, 6.07) is 16.9. The maximum atomic E-state index is 10.9. The molecule has 284 valence electrons. The van der Waals surface area contributed by atoms with E-state index in [9.17, 15) is 4.79 Å². The fraction of sp³-hybridized carbons (Fsp3) is 0.463. The molecule has 0 saturated heterocycles. The van der Waals surface area contributed by atoms with Crippen molar-refractivity contribution in [1.82, 2.24) is 0 Å². The minimum absolute atomic E-state index is 0.196. The molecule has 0 unspecified atom stereocenters. The number of esters is 1. The van der Waals surface area contributed by atoms with Crippen LogP contribution in [0, 0.1) is 0 Å². The van der Waals surface area contributed by atoms with Gasteiger partial charge >= 0.3 is 5.97 Å². The Morgan fingerprint density at radius 2 is 1.36 bits per heavy atom. The van der Waals surface area contributed by atoms with Gasteiger partial charge in [0.05, 0.1) is 58.3 Å². The van der Waals surface area contributed by atoms with E-state index in [1.807, 2.05) is 18.2 Å². The first-order valence-electron chi connectivity index (χ1n) is 18.1. The third kappa shape index (κ3) is 11.7. The van der Waals surface area contributed by atoms with Gasteiger partial charge in [-0.25, -0.2) is 0 Å². The van der Waals surface area contributed by atoms with Gasteiger partial charge in [-0.05, 0) is 37.1 Å². The van der Waals surface area contributed by atoms with Crippen molar-refractivity contribution in [2.75, 3.05) is 84.4 Å². The summed E-state index contributed by atoms with van der Waals surface area (Å²) < 4.78 is 35.7. The van der Waals surface area contributed by atoms with Crippen molar-refractivity contribution in [2.24, 2.45) is 5.11 Å². The summed E-state index contributed by atoms with van der Waals surface area (Å²) in [7, 11) is 0. The van der Waals surface area contributed by atoms with E-state index >= 15 is 0 Å². The SMILES string of the molecule is CC(=O)OCCOCCOC[N+]1=C(C=CC=CC=CC=C2N(COCCOCCOCCN=[N+]=[N-])c3ccccc3C2(C)C)C(C)(C)c2ccccc21. The van der Waals surface area contributed by atoms with E-state index in [1.54, 1.807) is 0 Å². The van der Waals surface area contributed by atoms with Gasteiger partial charge in [-0.15, -0.1) is 0 Å². The molecule has 12 nitrogen and oxygen atoms in total. The normalized spacial score (nSPS) is 16.6. The largest absolute Gasteiger partial charge is 0.463 e. The Balaban J connectivity index is 1.34. The highest BCUT2D eigenvalue weighted by molar-refractivity contribution is 6.03. The minimum atomic E-state index is -0.312. The van der Waals surface area contributed by atoms with Gasteiger partial charge in [0.15, 0.2) is 5.71 Å². The number of hydrogen-bond donors (Lipinski definition) is 0. The number of para-hydroxylation sites is 2. The Bertz CT molecular complexity index is 1710. The zero-order valence-electron chi connectivity index (χ0n) is 31.7. The Kier molecular flexibility index (Phi) is 16.5. The van der Waals surface area contributed by atoms with Gasteiger partial charge in [0.1, 0.15) is 13.3 Å². The van der Waals surface area contributed by atoms with Crippen LogP contribution in [-0.2, 0) is 44.0 Å². The predicted molar refractivity (Wildman–Crippen MR) is 207 cm³/mol. The average molecular weight is 729 g/mol.